The summed E-state index contributed by atoms with van der Waals surface area (Å²) < 4.78 is 31.7. The van der Waals surface area contributed by atoms with Gasteiger partial charge in [-0.2, -0.15) is 13.2 Å². The predicted octanol–water partition coefficient (Wildman–Crippen LogP) is 4.37. The summed E-state index contributed by atoms with van der Waals surface area (Å²) in [6.07, 6.45) is -1.92. The largest absolute Gasteiger partial charge is 0.490 e. The molecule has 3 N–H and O–H groups in total. The molecule has 29 heavy (non-hydrogen) atoms. The van der Waals surface area contributed by atoms with Gasteiger partial charge in [0.2, 0.25) is 5.91 Å². The van der Waals surface area contributed by atoms with Crippen LogP contribution in [0.2, 0.25) is 10.0 Å². The Hall–Kier alpha value is -1.51. The summed E-state index contributed by atoms with van der Waals surface area (Å²) in [5, 5.41) is 14.8. The third kappa shape index (κ3) is 5.77. The van der Waals surface area contributed by atoms with Crippen molar-refractivity contribution < 1.29 is 27.9 Å². The molecular formula is C19H23Cl2F3N2O3. The maximum absolute atomic E-state index is 12.6. The second-order valence-corrected chi connectivity index (χ2v) is 8.86. The topological polar surface area (TPSA) is 78.4 Å². The van der Waals surface area contributed by atoms with Gasteiger partial charge >= 0.3 is 12.1 Å². The average molecular weight is 455 g/mol. The number of carboxylic acids is 1. The van der Waals surface area contributed by atoms with Crippen molar-refractivity contribution in [2.24, 2.45) is 11.3 Å². The van der Waals surface area contributed by atoms with Crippen LogP contribution in [0.5, 0.6) is 0 Å². The van der Waals surface area contributed by atoms with Gasteiger partial charge in [0.05, 0.1) is 5.54 Å². The van der Waals surface area contributed by atoms with Crippen LogP contribution in [0.4, 0.5) is 13.2 Å². The van der Waals surface area contributed by atoms with Crippen LogP contribution in [0.3, 0.4) is 0 Å². The molecule has 1 spiro atoms. The van der Waals surface area contributed by atoms with Crippen LogP contribution in [-0.2, 0) is 15.1 Å². The normalized spacial score (nSPS) is 23.8. The number of carbonyl (C=O) groups excluding carboxylic acids is 1. The number of hydrogen-bond donors (Lipinski definition) is 3. The lowest BCUT2D eigenvalue weighted by Gasteiger charge is -2.45. The van der Waals surface area contributed by atoms with E-state index in [0.29, 0.717) is 15.5 Å². The van der Waals surface area contributed by atoms with Gasteiger partial charge in [-0.15, -0.1) is 0 Å². The fraction of sp³-hybridized carbons (Fsp3) is 0.579. The maximum atomic E-state index is 12.6. The number of benzene rings is 1. The number of alkyl halides is 3. The molecule has 1 aromatic rings. The average Bonchev–Trinajstić information content (AvgIpc) is 3.02. The van der Waals surface area contributed by atoms with Crippen molar-refractivity contribution in [2.45, 2.75) is 44.8 Å². The maximum Gasteiger partial charge on any atom is 0.490 e. The molecule has 5 nitrogen and oxygen atoms in total. The van der Waals surface area contributed by atoms with Gasteiger partial charge in [0.1, 0.15) is 0 Å². The monoisotopic (exact) mass is 454 g/mol. The Bertz CT molecular complexity index is 750. The molecule has 0 bridgehead atoms. The molecule has 10 heteroatoms. The van der Waals surface area contributed by atoms with Crippen LogP contribution in [0.25, 0.3) is 0 Å². The molecule has 1 aliphatic carbocycles. The van der Waals surface area contributed by atoms with Crippen molar-refractivity contribution >= 4 is 35.1 Å². The molecule has 2 fully saturated rings. The molecule has 1 aliphatic heterocycles. The Balaban J connectivity index is 0.000000370. The molecule has 0 aromatic heterocycles. The van der Waals surface area contributed by atoms with Gasteiger partial charge in [0.15, 0.2) is 0 Å². The Kier molecular flexibility index (Phi) is 7.13. The lowest BCUT2D eigenvalue weighted by molar-refractivity contribution is -0.192. The molecule has 1 saturated carbocycles. The zero-order valence-electron chi connectivity index (χ0n) is 16.0. The number of carbonyl (C=O) groups is 2. The molecule has 0 unspecified atom stereocenters. The Morgan fingerprint density at radius 3 is 2.14 bits per heavy atom. The summed E-state index contributed by atoms with van der Waals surface area (Å²) in [6, 6.07) is 5.42. The lowest BCUT2D eigenvalue weighted by atomic mass is 9.61. The molecule has 3 rings (SSSR count). The SMILES string of the molecule is CC(C)(NC(=O)C1CC2(CCNC2)C1)c1c(Cl)cccc1Cl.O=C(O)C(F)(F)F. The Labute approximate surface area is 176 Å². The van der Waals surface area contributed by atoms with Gasteiger partial charge in [-0.05, 0) is 57.2 Å². The van der Waals surface area contributed by atoms with Crippen LogP contribution in [0.15, 0.2) is 18.2 Å². The van der Waals surface area contributed by atoms with Crippen molar-refractivity contribution in [3.63, 3.8) is 0 Å². The number of rotatable bonds is 3. The summed E-state index contributed by atoms with van der Waals surface area (Å²) in [7, 11) is 0. The number of aliphatic carboxylic acids is 1. The van der Waals surface area contributed by atoms with E-state index in [1.807, 2.05) is 19.9 Å². The molecule has 2 aliphatic rings. The van der Waals surface area contributed by atoms with Gasteiger partial charge in [0.25, 0.3) is 0 Å². The summed E-state index contributed by atoms with van der Waals surface area (Å²) in [5.41, 5.74) is 0.570. The Morgan fingerprint density at radius 1 is 1.21 bits per heavy atom. The highest BCUT2D eigenvalue weighted by Gasteiger charge is 2.49. The van der Waals surface area contributed by atoms with E-state index in [-0.39, 0.29) is 11.8 Å². The molecular weight excluding hydrogens is 432 g/mol. The van der Waals surface area contributed by atoms with Crippen molar-refractivity contribution in [3.8, 4) is 0 Å². The first-order valence-corrected chi connectivity index (χ1v) is 9.80. The second-order valence-electron chi connectivity index (χ2n) is 8.05. The van der Waals surface area contributed by atoms with E-state index >= 15 is 0 Å². The number of halogens is 5. The van der Waals surface area contributed by atoms with Gasteiger partial charge < -0.3 is 15.7 Å². The highest BCUT2D eigenvalue weighted by molar-refractivity contribution is 6.36. The van der Waals surface area contributed by atoms with Crippen LogP contribution < -0.4 is 10.6 Å². The molecule has 162 valence electrons. The summed E-state index contributed by atoms with van der Waals surface area (Å²) in [4.78, 5) is 21.5. The quantitative estimate of drug-likeness (QED) is 0.633. The first-order chi connectivity index (χ1) is 13.3. The van der Waals surface area contributed by atoms with Crippen LogP contribution in [-0.4, -0.2) is 36.2 Å². The van der Waals surface area contributed by atoms with Crippen LogP contribution >= 0.6 is 23.2 Å². The molecule has 1 aromatic carbocycles. The second kappa shape index (κ2) is 8.70. The smallest absolute Gasteiger partial charge is 0.475 e. The standard InChI is InChI=1S/C17H22Cl2N2O.C2HF3O2/c1-16(2,14-12(18)4-3-5-13(14)19)21-15(22)11-8-17(9-11)6-7-20-10-17;3-2(4,5)1(6)7/h3-5,11,20H,6-10H2,1-2H3,(H,21,22);(H,6,7). The molecule has 1 saturated heterocycles. The minimum atomic E-state index is -5.08. The first kappa shape index (κ1) is 23.8. The third-order valence-corrected chi connectivity index (χ3v) is 5.96. The van der Waals surface area contributed by atoms with Crippen molar-refractivity contribution in [3.05, 3.63) is 33.8 Å². The minimum absolute atomic E-state index is 0.110. The number of carboxylic acid groups (broad SMARTS) is 1. The van der Waals surface area contributed by atoms with E-state index in [2.05, 4.69) is 10.6 Å². The van der Waals surface area contributed by atoms with Gasteiger partial charge in [0, 0.05) is 28.1 Å². The molecule has 0 radical (unpaired) electrons. The van der Waals surface area contributed by atoms with Crippen LogP contribution in [0.1, 0.15) is 38.7 Å². The zero-order chi connectivity index (χ0) is 22.0. The summed E-state index contributed by atoms with van der Waals surface area (Å²) in [5.74, 6) is -2.54. The Morgan fingerprint density at radius 2 is 1.72 bits per heavy atom. The highest BCUT2D eigenvalue weighted by atomic mass is 35.5. The highest BCUT2D eigenvalue weighted by Crippen LogP contribution is 2.50. The van der Waals surface area contributed by atoms with E-state index in [1.54, 1.807) is 12.1 Å². The molecule has 0 atom stereocenters. The fourth-order valence-electron chi connectivity index (χ4n) is 3.88. The fourth-order valence-corrected chi connectivity index (χ4v) is 4.75. The van der Waals surface area contributed by atoms with Crippen LogP contribution in [0, 0.1) is 11.3 Å². The van der Waals surface area contributed by atoms with Gasteiger partial charge in [-0.25, -0.2) is 4.79 Å². The molecule has 1 heterocycles. The first-order valence-electron chi connectivity index (χ1n) is 9.05. The predicted molar refractivity (Wildman–Crippen MR) is 104 cm³/mol. The zero-order valence-corrected chi connectivity index (χ0v) is 17.5. The number of nitrogens with one attached hydrogen (secondary N) is 2. The minimum Gasteiger partial charge on any atom is -0.475 e. The van der Waals surface area contributed by atoms with Crippen molar-refractivity contribution in [1.29, 1.82) is 0 Å². The van der Waals surface area contributed by atoms with Crippen molar-refractivity contribution in [2.75, 3.05) is 13.1 Å². The van der Waals surface area contributed by atoms with E-state index in [4.69, 9.17) is 33.1 Å². The third-order valence-electron chi connectivity index (χ3n) is 5.33. The number of amides is 1. The molecule has 1 amide bonds. The van der Waals surface area contributed by atoms with E-state index in [1.165, 1.54) is 6.42 Å². The summed E-state index contributed by atoms with van der Waals surface area (Å²) >= 11 is 12.6. The van der Waals surface area contributed by atoms with E-state index in [0.717, 1.165) is 31.5 Å². The van der Waals surface area contributed by atoms with Gasteiger partial charge in [-0.1, -0.05) is 29.3 Å². The van der Waals surface area contributed by atoms with Gasteiger partial charge in [-0.3, -0.25) is 4.79 Å². The van der Waals surface area contributed by atoms with E-state index in [9.17, 15) is 18.0 Å². The number of hydrogen-bond acceptors (Lipinski definition) is 3. The van der Waals surface area contributed by atoms with E-state index < -0.39 is 17.7 Å². The van der Waals surface area contributed by atoms with Crippen molar-refractivity contribution in [1.82, 2.24) is 10.6 Å². The summed E-state index contributed by atoms with van der Waals surface area (Å²) in [6.45, 7) is 6.03. The lowest BCUT2D eigenvalue weighted by Crippen LogP contribution is -2.51.